The number of likely N-dealkylation sites (N-methyl/N-ethyl adjacent to an activating group) is 1. The monoisotopic (exact) mass is 230 g/mol. The summed E-state index contributed by atoms with van der Waals surface area (Å²) in [6, 6.07) is -0.370. The molecule has 0 radical (unpaired) electrons. The van der Waals surface area contributed by atoms with Crippen molar-refractivity contribution in [2.75, 3.05) is 20.7 Å². The molecule has 0 heterocycles. The Bertz CT molecular complexity index is 270. The summed E-state index contributed by atoms with van der Waals surface area (Å²) in [6.07, 6.45) is 2.88. The molecular formula is C10H18N2O4. The first kappa shape index (κ1) is 12.8. The third-order valence-corrected chi connectivity index (χ3v) is 2.78. The van der Waals surface area contributed by atoms with Gasteiger partial charge in [-0.25, -0.2) is 4.79 Å². The molecule has 6 nitrogen and oxygen atoms in total. The summed E-state index contributed by atoms with van der Waals surface area (Å²) in [4.78, 5) is 23.2. The highest BCUT2D eigenvalue weighted by molar-refractivity contribution is 5.80. The van der Waals surface area contributed by atoms with Gasteiger partial charge in [-0.1, -0.05) is 0 Å². The van der Waals surface area contributed by atoms with Gasteiger partial charge in [0.2, 0.25) is 0 Å². The van der Waals surface area contributed by atoms with E-state index in [0.29, 0.717) is 0 Å². The van der Waals surface area contributed by atoms with Crippen molar-refractivity contribution in [3.8, 4) is 0 Å². The Balaban J connectivity index is 2.41. The van der Waals surface area contributed by atoms with Crippen LogP contribution in [0.15, 0.2) is 0 Å². The zero-order chi connectivity index (χ0) is 12.1. The molecule has 0 aromatic carbocycles. The Kier molecular flexibility index (Phi) is 4.54. The number of methoxy groups -OCH3 is 1. The van der Waals surface area contributed by atoms with Crippen LogP contribution in [0.25, 0.3) is 0 Å². The third kappa shape index (κ3) is 3.37. The van der Waals surface area contributed by atoms with E-state index in [9.17, 15) is 9.59 Å². The largest absolute Gasteiger partial charge is 0.480 e. The fourth-order valence-corrected chi connectivity index (χ4v) is 1.92. The minimum absolute atomic E-state index is 0.00579. The predicted octanol–water partition coefficient (Wildman–Crippen LogP) is 0.280. The minimum atomic E-state index is -1.02. The van der Waals surface area contributed by atoms with E-state index >= 15 is 0 Å². The average molecular weight is 230 g/mol. The highest BCUT2D eigenvalue weighted by Crippen LogP contribution is 2.21. The Morgan fingerprint density at radius 1 is 1.50 bits per heavy atom. The quantitative estimate of drug-likeness (QED) is 0.727. The molecule has 92 valence electrons. The Labute approximate surface area is 94.6 Å². The number of carboxylic acids is 1. The lowest BCUT2D eigenvalue weighted by Crippen LogP contribution is -2.47. The second-order valence-electron chi connectivity index (χ2n) is 4.01. The number of nitrogens with zero attached hydrogens (tertiary/aromatic N) is 1. The van der Waals surface area contributed by atoms with Crippen LogP contribution in [-0.2, 0) is 9.53 Å². The van der Waals surface area contributed by atoms with Crippen molar-refractivity contribution in [2.24, 2.45) is 0 Å². The zero-order valence-electron chi connectivity index (χ0n) is 9.60. The number of amides is 2. The van der Waals surface area contributed by atoms with Gasteiger partial charge in [-0.05, 0) is 19.3 Å². The second kappa shape index (κ2) is 5.69. The first-order valence-corrected chi connectivity index (χ1v) is 5.30. The first-order valence-electron chi connectivity index (χ1n) is 5.30. The van der Waals surface area contributed by atoms with Gasteiger partial charge >= 0.3 is 12.0 Å². The second-order valence-corrected chi connectivity index (χ2v) is 4.01. The lowest BCUT2D eigenvalue weighted by molar-refractivity contribution is -0.137. The number of aliphatic carboxylic acids is 1. The van der Waals surface area contributed by atoms with Gasteiger partial charge in [0.25, 0.3) is 0 Å². The maximum Gasteiger partial charge on any atom is 0.323 e. The number of nitrogens with one attached hydrogen (secondary N) is 1. The molecule has 2 N–H and O–H groups in total. The van der Waals surface area contributed by atoms with Gasteiger partial charge < -0.3 is 20.1 Å². The van der Waals surface area contributed by atoms with Gasteiger partial charge in [-0.2, -0.15) is 0 Å². The summed E-state index contributed by atoms with van der Waals surface area (Å²) in [5, 5.41) is 11.3. The number of hydrogen-bond acceptors (Lipinski definition) is 3. The van der Waals surface area contributed by atoms with E-state index in [1.807, 2.05) is 0 Å². The Morgan fingerprint density at radius 3 is 2.75 bits per heavy atom. The summed E-state index contributed by atoms with van der Waals surface area (Å²) in [5.74, 6) is -1.02. The van der Waals surface area contributed by atoms with Crippen LogP contribution in [0.3, 0.4) is 0 Å². The van der Waals surface area contributed by atoms with E-state index in [2.05, 4.69) is 5.32 Å². The molecule has 0 spiro atoms. The summed E-state index contributed by atoms with van der Waals surface area (Å²) >= 11 is 0. The molecule has 0 aromatic rings. The van der Waals surface area contributed by atoms with Gasteiger partial charge in [0.15, 0.2) is 0 Å². The highest BCUT2D eigenvalue weighted by atomic mass is 16.5. The number of carboxylic acid groups (broad SMARTS) is 1. The molecule has 2 amide bonds. The fraction of sp³-hybridized carbons (Fsp3) is 0.800. The van der Waals surface area contributed by atoms with Crippen molar-refractivity contribution < 1.29 is 19.4 Å². The molecule has 2 unspecified atom stereocenters. The van der Waals surface area contributed by atoms with Crippen LogP contribution in [-0.4, -0.2) is 54.9 Å². The Hall–Kier alpha value is -1.30. The first-order chi connectivity index (χ1) is 7.54. The molecule has 1 rings (SSSR count). The van der Waals surface area contributed by atoms with Crippen LogP contribution < -0.4 is 5.32 Å². The molecule has 1 aliphatic carbocycles. The molecule has 0 bridgehead atoms. The molecule has 16 heavy (non-hydrogen) atoms. The minimum Gasteiger partial charge on any atom is -0.480 e. The summed E-state index contributed by atoms with van der Waals surface area (Å²) in [6.45, 7) is -0.295. The number of carbonyl (C=O) groups excluding carboxylic acids is 1. The number of rotatable bonds is 4. The van der Waals surface area contributed by atoms with Crippen LogP contribution >= 0.6 is 0 Å². The smallest absolute Gasteiger partial charge is 0.323 e. The number of ether oxygens (including phenoxy) is 1. The van der Waals surface area contributed by atoms with Crippen LogP contribution in [0.2, 0.25) is 0 Å². The molecule has 1 saturated carbocycles. The molecule has 6 heteroatoms. The average Bonchev–Trinajstić information content (AvgIpc) is 2.64. The Morgan fingerprint density at radius 2 is 2.19 bits per heavy atom. The lowest BCUT2D eigenvalue weighted by atomic mass is 10.2. The molecule has 1 aliphatic rings. The van der Waals surface area contributed by atoms with Gasteiger partial charge in [-0.15, -0.1) is 0 Å². The van der Waals surface area contributed by atoms with Gasteiger partial charge in [-0.3, -0.25) is 4.79 Å². The van der Waals surface area contributed by atoms with E-state index in [4.69, 9.17) is 9.84 Å². The van der Waals surface area contributed by atoms with E-state index < -0.39 is 5.97 Å². The third-order valence-electron chi connectivity index (χ3n) is 2.78. The highest BCUT2D eigenvalue weighted by Gasteiger charge is 2.29. The van der Waals surface area contributed by atoms with Crippen molar-refractivity contribution in [3.05, 3.63) is 0 Å². The topological polar surface area (TPSA) is 78.9 Å². The van der Waals surface area contributed by atoms with Crippen molar-refractivity contribution in [2.45, 2.75) is 31.4 Å². The summed E-state index contributed by atoms with van der Waals surface area (Å²) in [7, 11) is 3.08. The van der Waals surface area contributed by atoms with Crippen LogP contribution in [0, 0.1) is 0 Å². The van der Waals surface area contributed by atoms with Gasteiger partial charge in [0, 0.05) is 14.2 Å². The molecule has 0 saturated heterocycles. The van der Waals surface area contributed by atoms with Crippen molar-refractivity contribution in [1.82, 2.24) is 10.2 Å². The SMILES string of the molecule is COC1CCCC1NC(=O)N(C)CC(=O)O. The summed E-state index contributed by atoms with van der Waals surface area (Å²) < 4.78 is 5.24. The van der Waals surface area contributed by atoms with Crippen molar-refractivity contribution >= 4 is 12.0 Å². The van der Waals surface area contributed by atoms with Gasteiger partial charge in [0.1, 0.15) is 6.54 Å². The molecule has 1 fully saturated rings. The fourth-order valence-electron chi connectivity index (χ4n) is 1.92. The number of carbonyl (C=O) groups is 2. The molecule has 0 aliphatic heterocycles. The molecule has 2 atom stereocenters. The lowest BCUT2D eigenvalue weighted by Gasteiger charge is -2.23. The number of urea groups is 1. The van der Waals surface area contributed by atoms with E-state index in [1.165, 1.54) is 7.05 Å². The van der Waals surface area contributed by atoms with E-state index in [0.717, 1.165) is 24.2 Å². The van der Waals surface area contributed by atoms with Gasteiger partial charge in [0.05, 0.1) is 12.1 Å². The van der Waals surface area contributed by atoms with Crippen molar-refractivity contribution in [3.63, 3.8) is 0 Å². The van der Waals surface area contributed by atoms with Crippen LogP contribution in [0.4, 0.5) is 4.79 Å². The number of hydrogen-bond donors (Lipinski definition) is 2. The maximum atomic E-state index is 11.6. The van der Waals surface area contributed by atoms with E-state index in [-0.39, 0.29) is 24.7 Å². The normalized spacial score (nSPS) is 24.1. The standard InChI is InChI=1S/C10H18N2O4/c1-12(6-9(13)14)10(15)11-7-4-3-5-8(7)16-2/h7-8H,3-6H2,1-2H3,(H,11,15)(H,13,14). The predicted molar refractivity (Wildman–Crippen MR) is 57.2 cm³/mol. The summed E-state index contributed by atoms with van der Waals surface area (Å²) in [5.41, 5.74) is 0. The zero-order valence-corrected chi connectivity index (χ0v) is 9.60. The molecule has 0 aromatic heterocycles. The molecular weight excluding hydrogens is 212 g/mol. The maximum absolute atomic E-state index is 11.6. The van der Waals surface area contributed by atoms with E-state index in [1.54, 1.807) is 7.11 Å². The van der Waals surface area contributed by atoms with Crippen LogP contribution in [0.1, 0.15) is 19.3 Å². The van der Waals surface area contributed by atoms with Crippen LogP contribution in [0.5, 0.6) is 0 Å². The van der Waals surface area contributed by atoms with Crippen molar-refractivity contribution in [1.29, 1.82) is 0 Å².